The predicted molar refractivity (Wildman–Crippen MR) is 69.4 cm³/mol. The third-order valence-electron chi connectivity index (χ3n) is 3.25. The minimum atomic E-state index is -0.695. The molecular weight excluding hydrogens is 196 g/mol. The Morgan fingerprint density at radius 3 is 2.50 bits per heavy atom. The third-order valence-corrected chi connectivity index (χ3v) is 3.25. The molecule has 0 bridgehead atoms. The highest BCUT2D eigenvalue weighted by atomic mass is 16.3. The quantitative estimate of drug-likeness (QED) is 0.794. The van der Waals surface area contributed by atoms with Crippen LogP contribution in [0.4, 0.5) is 0 Å². The van der Waals surface area contributed by atoms with E-state index in [-0.39, 0.29) is 0 Å². The molecule has 90 valence electrons. The van der Waals surface area contributed by atoms with Crippen LogP contribution in [-0.2, 0) is 5.60 Å². The van der Waals surface area contributed by atoms with Crippen molar-refractivity contribution in [1.29, 1.82) is 0 Å². The van der Waals surface area contributed by atoms with Crippen molar-refractivity contribution in [2.75, 3.05) is 0 Å². The molecule has 0 spiro atoms. The van der Waals surface area contributed by atoms with Crippen LogP contribution in [0.5, 0.6) is 0 Å². The van der Waals surface area contributed by atoms with E-state index in [0.29, 0.717) is 5.92 Å². The van der Waals surface area contributed by atoms with Crippen molar-refractivity contribution in [1.82, 2.24) is 0 Å². The molecule has 2 atom stereocenters. The average molecular weight is 220 g/mol. The summed E-state index contributed by atoms with van der Waals surface area (Å²) < 4.78 is 0. The maximum atomic E-state index is 10.6. The first-order valence-electron chi connectivity index (χ1n) is 6.26. The van der Waals surface area contributed by atoms with Crippen LogP contribution in [0.3, 0.4) is 0 Å². The van der Waals surface area contributed by atoms with Gasteiger partial charge in [-0.2, -0.15) is 0 Å². The summed E-state index contributed by atoms with van der Waals surface area (Å²) in [6.07, 6.45) is 3.21. The van der Waals surface area contributed by atoms with Gasteiger partial charge in [-0.3, -0.25) is 0 Å². The van der Waals surface area contributed by atoms with Gasteiger partial charge in [0.2, 0.25) is 0 Å². The van der Waals surface area contributed by atoms with Gasteiger partial charge in [0.25, 0.3) is 0 Å². The van der Waals surface area contributed by atoms with E-state index in [2.05, 4.69) is 26.8 Å². The molecule has 1 aromatic carbocycles. The number of aliphatic hydroxyl groups is 1. The Kier molecular flexibility index (Phi) is 4.55. The van der Waals surface area contributed by atoms with Crippen LogP contribution in [0.2, 0.25) is 0 Å². The molecule has 0 saturated heterocycles. The van der Waals surface area contributed by atoms with Crippen molar-refractivity contribution >= 4 is 0 Å². The summed E-state index contributed by atoms with van der Waals surface area (Å²) in [7, 11) is 0. The Balaban J connectivity index is 2.81. The van der Waals surface area contributed by atoms with Crippen molar-refractivity contribution in [2.24, 2.45) is 5.92 Å². The second kappa shape index (κ2) is 5.49. The Hall–Kier alpha value is -0.820. The number of hydrogen-bond acceptors (Lipinski definition) is 1. The maximum absolute atomic E-state index is 10.6. The fourth-order valence-corrected chi connectivity index (χ4v) is 2.56. The average Bonchev–Trinajstić information content (AvgIpc) is 2.17. The molecule has 0 amide bonds. The van der Waals surface area contributed by atoms with E-state index in [1.807, 2.05) is 25.1 Å². The predicted octanol–water partition coefficient (Wildman–Crippen LogP) is 4.03. The van der Waals surface area contributed by atoms with Gasteiger partial charge in [-0.15, -0.1) is 0 Å². The van der Waals surface area contributed by atoms with Crippen LogP contribution >= 0.6 is 0 Å². The largest absolute Gasteiger partial charge is 0.385 e. The molecule has 1 nitrogen and oxygen atoms in total. The van der Waals surface area contributed by atoms with Crippen molar-refractivity contribution in [3.63, 3.8) is 0 Å². The molecular formula is C15H24O. The third kappa shape index (κ3) is 3.34. The number of rotatable bonds is 5. The first kappa shape index (κ1) is 13.2. The van der Waals surface area contributed by atoms with Gasteiger partial charge in [0.05, 0.1) is 5.60 Å². The fraction of sp³-hybridized carbons (Fsp3) is 0.600. The van der Waals surface area contributed by atoms with E-state index in [1.54, 1.807) is 0 Å². The SMILES string of the molecule is CCCC(C)CC(C)(O)c1ccccc1C. The standard InChI is InChI=1S/C15H24O/c1-5-8-12(2)11-15(4,16)14-10-7-6-9-13(14)3/h6-7,9-10,12,16H,5,8,11H2,1-4H3. The Morgan fingerprint density at radius 2 is 1.94 bits per heavy atom. The van der Waals surface area contributed by atoms with E-state index in [9.17, 15) is 5.11 Å². The highest BCUT2D eigenvalue weighted by molar-refractivity contribution is 5.30. The van der Waals surface area contributed by atoms with Crippen molar-refractivity contribution < 1.29 is 5.11 Å². The second-order valence-electron chi connectivity index (χ2n) is 5.19. The Morgan fingerprint density at radius 1 is 1.31 bits per heavy atom. The highest BCUT2D eigenvalue weighted by Crippen LogP contribution is 2.31. The molecule has 1 heteroatoms. The van der Waals surface area contributed by atoms with E-state index in [4.69, 9.17) is 0 Å². The lowest BCUT2D eigenvalue weighted by Crippen LogP contribution is -2.25. The van der Waals surface area contributed by atoms with Gasteiger partial charge in [-0.1, -0.05) is 51.0 Å². The van der Waals surface area contributed by atoms with Crippen LogP contribution in [0.1, 0.15) is 51.2 Å². The van der Waals surface area contributed by atoms with Gasteiger partial charge < -0.3 is 5.11 Å². The summed E-state index contributed by atoms with van der Waals surface area (Å²) >= 11 is 0. The molecule has 2 unspecified atom stereocenters. The lowest BCUT2D eigenvalue weighted by Gasteiger charge is -2.28. The van der Waals surface area contributed by atoms with Gasteiger partial charge in [-0.25, -0.2) is 0 Å². The number of hydrogen-bond donors (Lipinski definition) is 1. The van der Waals surface area contributed by atoms with E-state index in [1.165, 1.54) is 18.4 Å². The molecule has 1 rings (SSSR count). The zero-order valence-corrected chi connectivity index (χ0v) is 11.0. The van der Waals surface area contributed by atoms with Gasteiger partial charge in [0, 0.05) is 0 Å². The second-order valence-corrected chi connectivity index (χ2v) is 5.19. The molecule has 0 fully saturated rings. The van der Waals surface area contributed by atoms with Crippen LogP contribution in [0.15, 0.2) is 24.3 Å². The number of benzene rings is 1. The lowest BCUT2D eigenvalue weighted by atomic mass is 9.83. The zero-order valence-electron chi connectivity index (χ0n) is 11.0. The smallest absolute Gasteiger partial charge is 0.0873 e. The van der Waals surface area contributed by atoms with Gasteiger partial charge in [-0.05, 0) is 37.3 Å². The van der Waals surface area contributed by atoms with Gasteiger partial charge in [0.15, 0.2) is 0 Å². The molecule has 1 N–H and O–H groups in total. The molecule has 0 aliphatic rings. The molecule has 0 radical (unpaired) electrons. The molecule has 0 heterocycles. The van der Waals surface area contributed by atoms with E-state index in [0.717, 1.165) is 12.0 Å². The summed E-state index contributed by atoms with van der Waals surface area (Å²) in [5.74, 6) is 0.569. The summed E-state index contributed by atoms with van der Waals surface area (Å²) in [5, 5.41) is 10.6. The van der Waals surface area contributed by atoms with Crippen molar-refractivity contribution in [3.8, 4) is 0 Å². The van der Waals surface area contributed by atoms with Crippen molar-refractivity contribution in [2.45, 2.75) is 52.6 Å². The summed E-state index contributed by atoms with van der Waals surface area (Å²) in [6, 6.07) is 8.12. The minimum absolute atomic E-state index is 0.569. The van der Waals surface area contributed by atoms with Crippen molar-refractivity contribution in [3.05, 3.63) is 35.4 Å². The summed E-state index contributed by atoms with van der Waals surface area (Å²) in [6.45, 7) is 8.41. The first-order chi connectivity index (χ1) is 7.47. The van der Waals surface area contributed by atoms with Crippen LogP contribution < -0.4 is 0 Å². The Bertz CT molecular complexity index is 328. The summed E-state index contributed by atoms with van der Waals surface area (Å²) in [4.78, 5) is 0. The first-order valence-corrected chi connectivity index (χ1v) is 6.26. The molecule has 0 aliphatic heterocycles. The maximum Gasteiger partial charge on any atom is 0.0873 e. The van der Waals surface area contributed by atoms with Crippen LogP contribution in [-0.4, -0.2) is 5.11 Å². The van der Waals surface area contributed by atoms with E-state index < -0.39 is 5.60 Å². The van der Waals surface area contributed by atoms with Gasteiger partial charge >= 0.3 is 0 Å². The monoisotopic (exact) mass is 220 g/mol. The molecule has 16 heavy (non-hydrogen) atoms. The molecule has 0 saturated carbocycles. The highest BCUT2D eigenvalue weighted by Gasteiger charge is 2.26. The Labute approximate surface area is 99.5 Å². The molecule has 0 aliphatic carbocycles. The number of aryl methyl sites for hydroxylation is 1. The normalized spacial score (nSPS) is 16.8. The van der Waals surface area contributed by atoms with Crippen LogP contribution in [0, 0.1) is 12.8 Å². The summed E-state index contributed by atoms with van der Waals surface area (Å²) in [5.41, 5.74) is 1.55. The van der Waals surface area contributed by atoms with E-state index >= 15 is 0 Å². The minimum Gasteiger partial charge on any atom is -0.385 e. The lowest BCUT2D eigenvalue weighted by molar-refractivity contribution is 0.0306. The topological polar surface area (TPSA) is 20.2 Å². The molecule has 0 aromatic heterocycles. The van der Waals surface area contributed by atoms with Crippen LogP contribution in [0.25, 0.3) is 0 Å². The fourth-order valence-electron chi connectivity index (χ4n) is 2.56. The zero-order chi connectivity index (χ0) is 12.2. The van der Waals surface area contributed by atoms with Gasteiger partial charge in [0.1, 0.15) is 0 Å². The molecule has 1 aromatic rings.